The molecule has 0 aromatic rings. The van der Waals surface area contributed by atoms with Crippen LogP contribution >= 0.6 is 0 Å². The van der Waals surface area contributed by atoms with E-state index in [9.17, 15) is 8.42 Å². The fraction of sp³-hybridized carbons (Fsp3) is 0.857. The molecule has 0 amide bonds. The van der Waals surface area contributed by atoms with Crippen molar-refractivity contribution in [3.63, 3.8) is 0 Å². The van der Waals surface area contributed by atoms with Crippen molar-refractivity contribution >= 4 is 10.0 Å². The highest BCUT2D eigenvalue weighted by Gasteiger charge is 2.26. The number of nitrogens with two attached hydrogens (primary N) is 1. The summed E-state index contributed by atoms with van der Waals surface area (Å²) in [7, 11) is -3.37. The van der Waals surface area contributed by atoms with Crippen molar-refractivity contribution < 1.29 is 8.42 Å². The van der Waals surface area contributed by atoms with Gasteiger partial charge in [0.2, 0.25) is 10.0 Å². The lowest BCUT2D eigenvalue weighted by Gasteiger charge is -2.28. The number of nitrogens with zero attached hydrogens (tertiary/aromatic N) is 2. The summed E-state index contributed by atoms with van der Waals surface area (Å²) in [6.45, 7) is 0.849. The van der Waals surface area contributed by atoms with Crippen molar-refractivity contribution in [3.05, 3.63) is 0 Å². The van der Waals surface area contributed by atoms with Crippen molar-refractivity contribution in [2.45, 2.75) is 18.9 Å². The van der Waals surface area contributed by atoms with Crippen LogP contribution in [0.1, 0.15) is 12.8 Å². The predicted molar refractivity (Wildman–Crippen MR) is 48.2 cm³/mol. The molecule has 0 radical (unpaired) electrons. The van der Waals surface area contributed by atoms with E-state index in [4.69, 9.17) is 11.0 Å². The van der Waals surface area contributed by atoms with Crippen molar-refractivity contribution in [1.82, 2.24) is 4.31 Å². The number of hydrogen-bond acceptors (Lipinski definition) is 4. The molecule has 1 rings (SSSR count). The second-order valence-electron chi connectivity index (χ2n) is 3.17. The second kappa shape index (κ2) is 4.05. The van der Waals surface area contributed by atoms with Crippen LogP contribution in [-0.2, 0) is 10.0 Å². The van der Waals surface area contributed by atoms with E-state index in [0.29, 0.717) is 13.1 Å². The molecule has 1 aliphatic heterocycles. The first kappa shape index (κ1) is 10.4. The van der Waals surface area contributed by atoms with Crippen LogP contribution < -0.4 is 5.73 Å². The van der Waals surface area contributed by atoms with E-state index in [1.54, 1.807) is 6.07 Å². The summed E-state index contributed by atoms with van der Waals surface area (Å²) in [6, 6.07) is 1.57. The van der Waals surface area contributed by atoms with Crippen molar-refractivity contribution in [2.24, 2.45) is 5.73 Å². The molecule has 5 nitrogen and oxygen atoms in total. The summed E-state index contributed by atoms with van der Waals surface area (Å²) in [6.07, 6.45) is 1.64. The lowest BCUT2D eigenvalue weighted by Crippen LogP contribution is -2.46. The Morgan fingerprint density at radius 2 is 2.31 bits per heavy atom. The average Bonchev–Trinajstić information content (AvgIpc) is 2.04. The molecule has 13 heavy (non-hydrogen) atoms. The van der Waals surface area contributed by atoms with Crippen LogP contribution in [-0.4, -0.2) is 37.6 Å². The standard InChI is InChI=1S/C7H13N3O2S/c8-3-5-13(11,12)10-4-1-2-7(9)6-10/h7H,1-2,4-6,9H2/t7-/m1/s1. The Bertz CT molecular complexity index is 306. The van der Waals surface area contributed by atoms with Crippen LogP contribution in [0.15, 0.2) is 0 Å². The van der Waals surface area contributed by atoms with E-state index in [1.165, 1.54) is 4.31 Å². The fourth-order valence-electron chi connectivity index (χ4n) is 1.40. The zero-order valence-corrected chi connectivity index (χ0v) is 8.13. The van der Waals surface area contributed by atoms with Gasteiger partial charge in [0, 0.05) is 19.1 Å². The lowest BCUT2D eigenvalue weighted by molar-refractivity contribution is 0.317. The summed E-state index contributed by atoms with van der Waals surface area (Å²) in [5.41, 5.74) is 5.63. The van der Waals surface area contributed by atoms with Gasteiger partial charge in [-0.1, -0.05) is 0 Å². The Hall–Kier alpha value is -0.640. The smallest absolute Gasteiger partial charge is 0.227 e. The van der Waals surface area contributed by atoms with Crippen LogP contribution in [0.2, 0.25) is 0 Å². The Balaban J connectivity index is 2.66. The molecule has 0 aliphatic carbocycles. The minimum atomic E-state index is -3.37. The third-order valence-electron chi connectivity index (χ3n) is 2.06. The van der Waals surface area contributed by atoms with Crippen LogP contribution in [0.4, 0.5) is 0 Å². The third kappa shape index (κ3) is 2.66. The summed E-state index contributed by atoms with van der Waals surface area (Å²) < 4.78 is 24.1. The third-order valence-corrected chi connectivity index (χ3v) is 3.67. The number of piperidine rings is 1. The van der Waals surface area contributed by atoms with Crippen molar-refractivity contribution in [3.8, 4) is 6.07 Å². The molecule has 74 valence electrons. The van der Waals surface area contributed by atoms with E-state index < -0.39 is 15.8 Å². The Kier molecular flexibility index (Phi) is 3.25. The minimum Gasteiger partial charge on any atom is -0.327 e. The van der Waals surface area contributed by atoms with E-state index >= 15 is 0 Å². The average molecular weight is 203 g/mol. The highest BCUT2D eigenvalue weighted by molar-refractivity contribution is 7.89. The normalized spacial score (nSPS) is 25.4. The van der Waals surface area contributed by atoms with Crippen LogP contribution in [0.3, 0.4) is 0 Å². The SMILES string of the molecule is N#CCS(=O)(=O)N1CCC[C@@H](N)C1. The maximum Gasteiger partial charge on any atom is 0.227 e. The van der Waals surface area contributed by atoms with Gasteiger partial charge in [-0.3, -0.25) is 0 Å². The summed E-state index contributed by atoms with van der Waals surface area (Å²) in [5.74, 6) is -0.445. The molecular weight excluding hydrogens is 190 g/mol. The largest absolute Gasteiger partial charge is 0.327 e. The van der Waals surface area contributed by atoms with Crippen LogP contribution in [0.25, 0.3) is 0 Å². The number of nitriles is 1. The van der Waals surface area contributed by atoms with E-state index in [0.717, 1.165) is 12.8 Å². The van der Waals surface area contributed by atoms with Gasteiger partial charge in [0.1, 0.15) is 0 Å². The quantitative estimate of drug-likeness (QED) is 0.640. The van der Waals surface area contributed by atoms with Gasteiger partial charge in [-0.2, -0.15) is 9.57 Å². The van der Waals surface area contributed by atoms with E-state index in [1.807, 2.05) is 0 Å². The zero-order chi connectivity index (χ0) is 9.90. The Morgan fingerprint density at radius 1 is 1.62 bits per heavy atom. The van der Waals surface area contributed by atoms with Gasteiger partial charge in [-0.15, -0.1) is 0 Å². The highest BCUT2D eigenvalue weighted by Crippen LogP contribution is 2.12. The number of sulfonamides is 1. The van der Waals surface area contributed by atoms with E-state index in [-0.39, 0.29) is 6.04 Å². The molecule has 2 N–H and O–H groups in total. The van der Waals surface area contributed by atoms with Gasteiger partial charge in [-0.25, -0.2) is 8.42 Å². The molecule has 0 saturated carbocycles. The van der Waals surface area contributed by atoms with Crippen molar-refractivity contribution in [1.29, 1.82) is 5.26 Å². The fourth-order valence-corrected chi connectivity index (χ4v) is 2.57. The summed E-state index contributed by atoms with van der Waals surface area (Å²) in [4.78, 5) is 0. The molecule has 0 unspecified atom stereocenters. The highest BCUT2D eigenvalue weighted by atomic mass is 32.2. The zero-order valence-electron chi connectivity index (χ0n) is 7.31. The topological polar surface area (TPSA) is 87.2 Å². The Morgan fingerprint density at radius 3 is 2.85 bits per heavy atom. The monoisotopic (exact) mass is 203 g/mol. The molecule has 0 aromatic heterocycles. The van der Waals surface area contributed by atoms with Crippen LogP contribution in [0, 0.1) is 11.3 Å². The first-order valence-corrected chi connectivity index (χ1v) is 5.77. The molecule has 1 aliphatic rings. The lowest BCUT2D eigenvalue weighted by atomic mass is 10.1. The Labute approximate surface area is 78.2 Å². The van der Waals surface area contributed by atoms with Gasteiger partial charge in [0.25, 0.3) is 0 Å². The van der Waals surface area contributed by atoms with Crippen LogP contribution in [0.5, 0.6) is 0 Å². The maximum atomic E-state index is 11.4. The summed E-state index contributed by atoms with van der Waals surface area (Å²) >= 11 is 0. The molecule has 1 fully saturated rings. The number of hydrogen-bond donors (Lipinski definition) is 1. The van der Waals surface area contributed by atoms with Crippen molar-refractivity contribution in [2.75, 3.05) is 18.8 Å². The molecule has 0 aromatic carbocycles. The van der Waals surface area contributed by atoms with E-state index in [2.05, 4.69) is 0 Å². The second-order valence-corrected chi connectivity index (χ2v) is 5.14. The van der Waals surface area contributed by atoms with Gasteiger partial charge in [-0.05, 0) is 12.8 Å². The molecule has 0 bridgehead atoms. The van der Waals surface area contributed by atoms with Gasteiger partial charge < -0.3 is 5.73 Å². The molecule has 0 spiro atoms. The first-order chi connectivity index (χ1) is 6.06. The number of rotatable bonds is 2. The van der Waals surface area contributed by atoms with Gasteiger partial charge in [0.15, 0.2) is 5.75 Å². The minimum absolute atomic E-state index is 0.0813. The molecule has 6 heteroatoms. The molecule has 1 atom stereocenters. The van der Waals surface area contributed by atoms with Gasteiger partial charge in [0.05, 0.1) is 6.07 Å². The molecule has 1 saturated heterocycles. The van der Waals surface area contributed by atoms with Gasteiger partial charge >= 0.3 is 0 Å². The molecule has 1 heterocycles. The molecular formula is C7H13N3O2S. The maximum absolute atomic E-state index is 11.4. The predicted octanol–water partition coefficient (Wildman–Crippen LogP) is -0.737. The summed E-state index contributed by atoms with van der Waals surface area (Å²) in [5, 5.41) is 8.31. The first-order valence-electron chi connectivity index (χ1n) is 4.16.